The highest BCUT2D eigenvalue weighted by atomic mass is 15.2. The van der Waals surface area contributed by atoms with Crippen molar-refractivity contribution in [1.82, 2.24) is 25.1 Å². The summed E-state index contributed by atoms with van der Waals surface area (Å²) in [4.78, 5) is 15.9. The normalized spacial score (nSPS) is 21.6. The van der Waals surface area contributed by atoms with E-state index >= 15 is 0 Å². The number of aromatic amines is 1. The molecule has 5 rings (SSSR count). The predicted molar refractivity (Wildman–Crippen MR) is 110 cm³/mol. The van der Waals surface area contributed by atoms with Crippen LogP contribution in [0.2, 0.25) is 0 Å². The SMILES string of the molecule is Cc1c(-c2[nH]nc3nc(N4CCC5(CCC[C@H]5N)CC4)cnc23)ccnc1N. The van der Waals surface area contributed by atoms with Crippen LogP contribution in [0, 0.1) is 12.3 Å². The second-order valence-electron chi connectivity index (χ2n) is 8.22. The van der Waals surface area contributed by atoms with Gasteiger partial charge in [-0.2, -0.15) is 5.10 Å². The summed E-state index contributed by atoms with van der Waals surface area (Å²) in [5.41, 5.74) is 16.8. The van der Waals surface area contributed by atoms with Crippen molar-refractivity contribution in [3.05, 3.63) is 24.0 Å². The molecule has 1 aliphatic heterocycles. The lowest BCUT2D eigenvalue weighted by Crippen LogP contribution is -2.47. The zero-order valence-corrected chi connectivity index (χ0v) is 16.1. The van der Waals surface area contributed by atoms with E-state index in [4.69, 9.17) is 16.5 Å². The van der Waals surface area contributed by atoms with Crippen LogP contribution in [0.4, 0.5) is 11.6 Å². The van der Waals surface area contributed by atoms with E-state index in [1.54, 1.807) is 6.20 Å². The van der Waals surface area contributed by atoms with Crippen LogP contribution in [-0.2, 0) is 0 Å². The van der Waals surface area contributed by atoms with Crippen LogP contribution in [0.25, 0.3) is 22.4 Å². The molecule has 146 valence electrons. The van der Waals surface area contributed by atoms with Crippen LogP contribution in [0.3, 0.4) is 0 Å². The van der Waals surface area contributed by atoms with Gasteiger partial charge >= 0.3 is 0 Å². The molecule has 0 aromatic carbocycles. The summed E-state index contributed by atoms with van der Waals surface area (Å²) in [6.45, 7) is 3.90. The molecule has 28 heavy (non-hydrogen) atoms. The molecule has 0 unspecified atom stereocenters. The lowest BCUT2D eigenvalue weighted by molar-refractivity contribution is 0.197. The number of nitrogens with one attached hydrogen (secondary N) is 1. The zero-order chi connectivity index (χ0) is 19.3. The number of H-pyrrole nitrogens is 1. The average Bonchev–Trinajstić information content (AvgIpc) is 3.28. The van der Waals surface area contributed by atoms with Gasteiger partial charge in [0.05, 0.1) is 11.9 Å². The molecule has 1 saturated heterocycles. The number of aromatic nitrogens is 5. The summed E-state index contributed by atoms with van der Waals surface area (Å²) in [5, 5.41) is 7.48. The monoisotopic (exact) mass is 378 g/mol. The Morgan fingerprint density at radius 2 is 2.04 bits per heavy atom. The second-order valence-corrected chi connectivity index (χ2v) is 8.22. The van der Waals surface area contributed by atoms with E-state index < -0.39 is 0 Å². The van der Waals surface area contributed by atoms with Crippen LogP contribution in [0.5, 0.6) is 0 Å². The predicted octanol–water partition coefficient (Wildman–Crippen LogP) is 2.40. The lowest BCUT2D eigenvalue weighted by atomic mass is 9.74. The van der Waals surface area contributed by atoms with Gasteiger partial charge in [-0.05, 0) is 44.1 Å². The molecule has 5 N–H and O–H groups in total. The molecule has 1 spiro atoms. The Labute approximate surface area is 163 Å². The minimum atomic E-state index is 0.340. The number of piperidine rings is 1. The fourth-order valence-electron chi connectivity index (χ4n) is 4.92. The smallest absolute Gasteiger partial charge is 0.202 e. The van der Waals surface area contributed by atoms with Crippen LogP contribution in [0.15, 0.2) is 18.5 Å². The first-order valence-electron chi connectivity index (χ1n) is 10.0. The van der Waals surface area contributed by atoms with E-state index in [0.717, 1.165) is 54.1 Å². The molecular formula is C20H26N8. The molecule has 2 aliphatic rings. The molecule has 0 amide bonds. The largest absolute Gasteiger partial charge is 0.383 e. The minimum Gasteiger partial charge on any atom is -0.383 e. The summed E-state index contributed by atoms with van der Waals surface area (Å²) in [5.74, 6) is 1.40. The van der Waals surface area contributed by atoms with Gasteiger partial charge in [0.2, 0.25) is 5.65 Å². The molecule has 1 saturated carbocycles. The van der Waals surface area contributed by atoms with Crippen molar-refractivity contribution in [2.24, 2.45) is 11.1 Å². The number of fused-ring (bicyclic) bond motifs is 1. The van der Waals surface area contributed by atoms with E-state index in [1.807, 2.05) is 19.2 Å². The van der Waals surface area contributed by atoms with Crippen molar-refractivity contribution in [3.63, 3.8) is 0 Å². The Kier molecular flexibility index (Phi) is 3.97. The molecule has 0 bridgehead atoms. The van der Waals surface area contributed by atoms with Crippen molar-refractivity contribution < 1.29 is 0 Å². The standard InChI is InChI=1S/C20H26N8/c1-12-13(4-8-23-18(12)22)16-17-19(27-26-16)25-15(11-24-17)28-9-6-20(7-10-28)5-2-3-14(20)21/h4,8,11,14H,2-3,5-7,9-10,21H2,1H3,(H2,22,23)(H,25,26,27)/t14-/m1/s1. The van der Waals surface area contributed by atoms with Crippen molar-refractivity contribution >= 4 is 22.8 Å². The van der Waals surface area contributed by atoms with E-state index in [1.165, 1.54) is 19.3 Å². The summed E-state index contributed by atoms with van der Waals surface area (Å²) in [6, 6.07) is 2.27. The van der Waals surface area contributed by atoms with Gasteiger partial charge in [0.1, 0.15) is 17.2 Å². The first-order valence-corrected chi connectivity index (χ1v) is 10.0. The van der Waals surface area contributed by atoms with Gasteiger partial charge in [-0.3, -0.25) is 5.10 Å². The quantitative estimate of drug-likeness (QED) is 0.626. The molecule has 8 nitrogen and oxygen atoms in total. The molecule has 0 radical (unpaired) electrons. The van der Waals surface area contributed by atoms with E-state index in [2.05, 4.69) is 25.1 Å². The molecule has 8 heteroatoms. The van der Waals surface area contributed by atoms with Crippen LogP contribution in [-0.4, -0.2) is 44.3 Å². The van der Waals surface area contributed by atoms with Gasteiger partial charge in [0.25, 0.3) is 0 Å². The lowest BCUT2D eigenvalue weighted by Gasteiger charge is -2.42. The number of anilines is 2. The molecule has 3 aromatic rings. The third kappa shape index (κ3) is 2.63. The maximum Gasteiger partial charge on any atom is 0.202 e. The number of nitrogen functional groups attached to an aromatic ring is 1. The molecule has 4 heterocycles. The second kappa shape index (κ2) is 6.41. The Bertz CT molecular complexity index is 1020. The number of hydrogen-bond acceptors (Lipinski definition) is 7. The van der Waals surface area contributed by atoms with Gasteiger partial charge in [-0.25, -0.2) is 15.0 Å². The number of nitrogens with zero attached hydrogens (tertiary/aromatic N) is 5. The van der Waals surface area contributed by atoms with Crippen LogP contribution >= 0.6 is 0 Å². The topological polar surface area (TPSA) is 123 Å². The van der Waals surface area contributed by atoms with Crippen molar-refractivity contribution in [1.29, 1.82) is 0 Å². The molecular weight excluding hydrogens is 352 g/mol. The molecule has 3 aromatic heterocycles. The highest BCUT2D eigenvalue weighted by Gasteiger charge is 2.43. The summed E-state index contributed by atoms with van der Waals surface area (Å²) < 4.78 is 0. The van der Waals surface area contributed by atoms with Crippen molar-refractivity contribution in [2.75, 3.05) is 23.7 Å². The van der Waals surface area contributed by atoms with Crippen molar-refractivity contribution in [3.8, 4) is 11.3 Å². The van der Waals surface area contributed by atoms with Gasteiger partial charge in [0, 0.05) is 36.5 Å². The van der Waals surface area contributed by atoms with E-state index in [0.29, 0.717) is 22.9 Å². The Morgan fingerprint density at radius 3 is 2.79 bits per heavy atom. The molecule has 1 atom stereocenters. The van der Waals surface area contributed by atoms with Gasteiger partial charge in [-0.15, -0.1) is 0 Å². The maximum atomic E-state index is 6.41. The fourth-order valence-corrected chi connectivity index (χ4v) is 4.92. The van der Waals surface area contributed by atoms with Gasteiger partial charge in [-0.1, -0.05) is 6.42 Å². The highest BCUT2D eigenvalue weighted by Crippen LogP contribution is 2.45. The van der Waals surface area contributed by atoms with Crippen LogP contribution < -0.4 is 16.4 Å². The summed E-state index contributed by atoms with van der Waals surface area (Å²) >= 11 is 0. The number of pyridine rings is 1. The van der Waals surface area contributed by atoms with E-state index in [9.17, 15) is 0 Å². The fraction of sp³-hybridized carbons (Fsp3) is 0.500. The minimum absolute atomic E-state index is 0.340. The number of nitrogens with two attached hydrogens (primary N) is 2. The average molecular weight is 378 g/mol. The Morgan fingerprint density at radius 1 is 1.21 bits per heavy atom. The summed E-state index contributed by atoms with van der Waals surface area (Å²) in [7, 11) is 0. The Hall–Kier alpha value is -2.74. The first-order chi connectivity index (χ1) is 13.6. The third-order valence-corrected chi connectivity index (χ3v) is 6.82. The van der Waals surface area contributed by atoms with E-state index in [-0.39, 0.29) is 0 Å². The third-order valence-electron chi connectivity index (χ3n) is 6.82. The summed E-state index contributed by atoms with van der Waals surface area (Å²) in [6.07, 6.45) is 9.52. The van der Waals surface area contributed by atoms with Crippen LogP contribution in [0.1, 0.15) is 37.7 Å². The number of hydrogen-bond donors (Lipinski definition) is 3. The van der Waals surface area contributed by atoms with Crippen molar-refractivity contribution in [2.45, 2.75) is 45.1 Å². The number of rotatable bonds is 2. The molecule has 1 aliphatic carbocycles. The highest BCUT2D eigenvalue weighted by molar-refractivity contribution is 5.89. The molecule has 2 fully saturated rings. The maximum absolute atomic E-state index is 6.41. The zero-order valence-electron chi connectivity index (χ0n) is 16.1. The Balaban J connectivity index is 1.42. The van der Waals surface area contributed by atoms with Gasteiger partial charge < -0.3 is 16.4 Å². The first kappa shape index (κ1) is 17.4. The van der Waals surface area contributed by atoms with Gasteiger partial charge in [0.15, 0.2) is 0 Å².